The summed E-state index contributed by atoms with van der Waals surface area (Å²) >= 11 is 0. The Bertz CT molecular complexity index is 767. The normalized spacial score (nSPS) is 14.9. The van der Waals surface area contributed by atoms with Crippen molar-refractivity contribution in [3.63, 3.8) is 0 Å². The first kappa shape index (κ1) is 19.0. The number of rotatable bonds is 9. The third-order valence-electron chi connectivity index (χ3n) is 4.74. The highest BCUT2D eigenvalue weighted by atomic mass is 16.5. The van der Waals surface area contributed by atoms with Crippen LogP contribution in [0.2, 0.25) is 0 Å². The second-order valence-corrected chi connectivity index (χ2v) is 6.81. The fraction of sp³-hybridized carbons (Fsp3) is 0.348. The van der Waals surface area contributed by atoms with Crippen molar-refractivity contribution < 1.29 is 19.4 Å². The van der Waals surface area contributed by atoms with Gasteiger partial charge in [0.1, 0.15) is 6.61 Å². The summed E-state index contributed by atoms with van der Waals surface area (Å²) in [4.78, 5) is 11.7. The van der Waals surface area contributed by atoms with Gasteiger partial charge in [-0.1, -0.05) is 54.1 Å². The number of aliphatic carboxylic acids is 1. The Labute approximate surface area is 160 Å². The van der Waals surface area contributed by atoms with E-state index in [0.717, 1.165) is 24.8 Å². The molecule has 142 valence electrons. The fourth-order valence-electron chi connectivity index (χ4n) is 3.24. The van der Waals surface area contributed by atoms with E-state index in [2.05, 4.69) is 6.08 Å². The van der Waals surface area contributed by atoms with Crippen LogP contribution in [0.5, 0.6) is 11.5 Å². The van der Waals surface area contributed by atoms with E-state index in [9.17, 15) is 9.90 Å². The molecule has 2 aromatic rings. The van der Waals surface area contributed by atoms with Crippen LogP contribution < -0.4 is 9.47 Å². The summed E-state index contributed by atoms with van der Waals surface area (Å²) in [5.74, 6) is 0.0900. The molecule has 1 unspecified atom stereocenters. The predicted octanol–water partition coefficient (Wildman–Crippen LogP) is 5.38. The third-order valence-corrected chi connectivity index (χ3v) is 4.74. The quantitative estimate of drug-likeness (QED) is 0.606. The van der Waals surface area contributed by atoms with Crippen LogP contribution in [0.1, 0.15) is 44.1 Å². The summed E-state index contributed by atoms with van der Waals surface area (Å²) < 4.78 is 11.7. The predicted molar refractivity (Wildman–Crippen MR) is 105 cm³/mol. The molecule has 0 aromatic heterocycles. The highest BCUT2D eigenvalue weighted by Crippen LogP contribution is 2.30. The molecule has 1 aliphatic rings. The Balaban J connectivity index is 1.63. The average Bonchev–Trinajstić information content (AvgIpc) is 2.71. The maximum Gasteiger partial charge on any atom is 0.344 e. The molecule has 0 aliphatic heterocycles. The largest absolute Gasteiger partial charge is 0.485 e. The maximum absolute atomic E-state index is 11.7. The second-order valence-electron chi connectivity index (χ2n) is 6.81. The van der Waals surface area contributed by atoms with Gasteiger partial charge in [0.25, 0.3) is 0 Å². The van der Waals surface area contributed by atoms with Crippen LogP contribution in [0.25, 0.3) is 0 Å². The maximum atomic E-state index is 11.7. The molecule has 1 atom stereocenters. The van der Waals surface area contributed by atoms with Crippen molar-refractivity contribution in [3.05, 3.63) is 71.8 Å². The van der Waals surface area contributed by atoms with Crippen LogP contribution >= 0.6 is 0 Å². The number of hydrogen-bond acceptors (Lipinski definition) is 3. The average molecular weight is 366 g/mol. The zero-order valence-corrected chi connectivity index (χ0v) is 15.5. The number of carboxylic acid groups (broad SMARTS) is 1. The smallest absolute Gasteiger partial charge is 0.344 e. The molecule has 0 amide bonds. The van der Waals surface area contributed by atoms with E-state index in [-0.39, 0.29) is 0 Å². The minimum atomic E-state index is -0.940. The van der Waals surface area contributed by atoms with Crippen molar-refractivity contribution in [2.45, 2.75) is 51.2 Å². The van der Waals surface area contributed by atoms with Gasteiger partial charge < -0.3 is 14.6 Å². The van der Waals surface area contributed by atoms with Crippen molar-refractivity contribution in [2.75, 3.05) is 0 Å². The van der Waals surface area contributed by atoms with Gasteiger partial charge in [0.05, 0.1) is 0 Å². The summed E-state index contributed by atoms with van der Waals surface area (Å²) in [6.45, 7) is 0.409. The standard InChI is InChI=1S/C23H26O4/c24-23(25)22(16-15-18-9-3-1-4-10-18)27-21-14-8-7-13-20(21)26-17-19-11-5-2-6-12-19/h2,5-9,11-14,22H,1,3-4,10,15-17H2,(H,24,25). The number of allylic oxidation sites excluding steroid dienone is 2. The van der Waals surface area contributed by atoms with Crippen LogP contribution in [0.3, 0.4) is 0 Å². The molecule has 1 aliphatic carbocycles. The number of hydrogen-bond donors (Lipinski definition) is 1. The lowest BCUT2D eigenvalue weighted by atomic mass is 9.95. The van der Waals surface area contributed by atoms with Gasteiger partial charge in [-0.25, -0.2) is 4.79 Å². The van der Waals surface area contributed by atoms with Crippen LogP contribution in [0.15, 0.2) is 66.2 Å². The number of carboxylic acids is 1. The first-order valence-electron chi connectivity index (χ1n) is 9.55. The first-order chi connectivity index (χ1) is 13.2. The third kappa shape index (κ3) is 5.88. The molecule has 4 nitrogen and oxygen atoms in total. The lowest BCUT2D eigenvalue weighted by Gasteiger charge is -2.19. The van der Waals surface area contributed by atoms with Gasteiger partial charge in [-0.3, -0.25) is 0 Å². The molecule has 2 aromatic carbocycles. The van der Waals surface area contributed by atoms with E-state index >= 15 is 0 Å². The molecule has 0 heterocycles. The van der Waals surface area contributed by atoms with Crippen molar-refractivity contribution in [1.82, 2.24) is 0 Å². The second kappa shape index (κ2) is 9.81. The van der Waals surface area contributed by atoms with E-state index in [1.165, 1.54) is 18.4 Å². The number of ether oxygens (including phenoxy) is 2. The Kier molecular flexibility index (Phi) is 6.91. The van der Waals surface area contributed by atoms with E-state index in [1.54, 1.807) is 12.1 Å². The minimum Gasteiger partial charge on any atom is -0.485 e. The van der Waals surface area contributed by atoms with Crippen LogP contribution in [0.4, 0.5) is 0 Å². The van der Waals surface area contributed by atoms with E-state index in [4.69, 9.17) is 9.47 Å². The lowest BCUT2D eigenvalue weighted by molar-refractivity contribution is -0.145. The molecular weight excluding hydrogens is 340 g/mol. The summed E-state index contributed by atoms with van der Waals surface area (Å²) in [5.41, 5.74) is 2.40. The summed E-state index contributed by atoms with van der Waals surface area (Å²) in [6.07, 6.45) is 7.20. The zero-order valence-electron chi connectivity index (χ0n) is 15.5. The van der Waals surface area contributed by atoms with Gasteiger partial charge in [-0.2, -0.15) is 0 Å². The SMILES string of the molecule is O=C(O)C(CCC1=CCCCC1)Oc1ccccc1OCc1ccccc1. The Morgan fingerprint density at radius 1 is 1.00 bits per heavy atom. The Morgan fingerprint density at radius 3 is 2.44 bits per heavy atom. The van der Waals surface area contributed by atoms with Crippen molar-refractivity contribution in [2.24, 2.45) is 0 Å². The van der Waals surface area contributed by atoms with Gasteiger partial charge in [0.15, 0.2) is 17.6 Å². The van der Waals surface area contributed by atoms with Gasteiger partial charge in [0.2, 0.25) is 0 Å². The molecule has 0 fully saturated rings. The molecule has 3 rings (SSSR count). The van der Waals surface area contributed by atoms with Crippen LogP contribution in [-0.2, 0) is 11.4 Å². The van der Waals surface area contributed by atoms with Crippen LogP contribution in [0, 0.1) is 0 Å². The number of benzene rings is 2. The van der Waals surface area contributed by atoms with Crippen molar-refractivity contribution in [3.8, 4) is 11.5 Å². The van der Waals surface area contributed by atoms with Crippen molar-refractivity contribution in [1.29, 1.82) is 0 Å². The van der Waals surface area contributed by atoms with Gasteiger partial charge in [-0.15, -0.1) is 0 Å². The lowest BCUT2D eigenvalue weighted by Crippen LogP contribution is -2.27. The fourth-order valence-corrected chi connectivity index (χ4v) is 3.24. The molecule has 0 bridgehead atoms. The number of carbonyl (C=O) groups is 1. The monoisotopic (exact) mass is 366 g/mol. The van der Waals surface area contributed by atoms with E-state index in [1.807, 2.05) is 42.5 Å². The minimum absolute atomic E-state index is 0.409. The van der Waals surface area contributed by atoms with Crippen molar-refractivity contribution >= 4 is 5.97 Å². The molecule has 0 spiro atoms. The molecule has 1 N–H and O–H groups in total. The van der Waals surface area contributed by atoms with E-state index < -0.39 is 12.1 Å². The van der Waals surface area contributed by atoms with E-state index in [0.29, 0.717) is 24.5 Å². The summed E-state index contributed by atoms with van der Waals surface area (Å²) in [7, 11) is 0. The van der Waals surface area contributed by atoms with Crippen LogP contribution in [-0.4, -0.2) is 17.2 Å². The first-order valence-corrected chi connectivity index (χ1v) is 9.55. The van der Waals surface area contributed by atoms with Gasteiger partial charge in [-0.05, 0) is 56.2 Å². The van der Waals surface area contributed by atoms with Gasteiger partial charge >= 0.3 is 5.97 Å². The van der Waals surface area contributed by atoms with Gasteiger partial charge in [0, 0.05) is 0 Å². The molecule has 0 radical (unpaired) electrons. The molecule has 0 saturated carbocycles. The Morgan fingerprint density at radius 2 is 1.74 bits per heavy atom. The Hall–Kier alpha value is -2.75. The molecular formula is C23H26O4. The highest BCUT2D eigenvalue weighted by molar-refractivity contribution is 5.73. The molecule has 27 heavy (non-hydrogen) atoms. The molecule has 4 heteroatoms. The summed E-state index contributed by atoms with van der Waals surface area (Å²) in [6, 6.07) is 17.1. The summed E-state index contributed by atoms with van der Waals surface area (Å²) in [5, 5.41) is 9.58. The topological polar surface area (TPSA) is 55.8 Å². The highest BCUT2D eigenvalue weighted by Gasteiger charge is 2.21. The molecule has 0 saturated heterocycles. The number of para-hydroxylation sites is 2. The zero-order chi connectivity index (χ0) is 18.9.